The molecule has 5 rings (SSSR count). The van der Waals surface area contributed by atoms with E-state index in [9.17, 15) is 24.5 Å². The number of hydrogen-bond donors (Lipinski definition) is 4. The third-order valence-electron chi connectivity index (χ3n) is 7.17. The molecule has 0 aliphatic carbocycles. The van der Waals surface area contributed by atoms with Gasteiger partial charge in [0.25, 0.3) is 5.69 Å². The second-order valence-electron chi connectivity index (χ2n) is 9.93. The van der Waals surface area contributed by atoms with Crippen LogP contribution in [0.25, 0.3) is 10.9 Å². The molecule has 41 heavy (non-hydrogen) atoms. The van der Waals surface area contributed by atoms with E-state index in [-0.39, 0.29) is 25.1 Å². The largest absolute Gasteiger partial charge is 0.459 e. The van der Waals surface area contributed by atoms with Crippen molar-refractivity contribution in [2.45, 2.75) is 44.0 Å². The molecular formula is C30H29N5O6. The molecule has 11 heteroatoms. The number of carbonyl (C=O) groups is 3. The summed E-state index contributed by atoms with van der Waals surface area (Å²) >= 11 is 0. The van der Waals surface area contributed by atoms with Crippen molar-refractivity contribution in [3.8, 4) is 0 Å². The number of aromatic nitrogens is 1. The Balaban J connectivity index is 1.39. The van der Waals surface area contributed by atoms with Crippen LogP contribution in [0.2, 0.25) is 0 Å². The fraction of sp³-hybridized carbons (Fsp3) is 0.233. The van der Waals surface area contributed by atoms with Gasteiger partial charge < -0.3 is 20.8 Å². The number of nitrogens with one attached hydrogen (secondary N) is 3. The van der Waals surface area contributed by atoms with Crippen molar-refractivity contribution >= 4 is 34.4 Å². The molecule has 0 radical (unpaired) electrons. The average Bonchev–Trinajstić information content (AvgIpc) is 3.36. The van der Waals surface area contributed by atoms with Crippen molar-refractivity contribution in [2.75, 3.05) is 0 Å². The minimum atomic E-state index is -1.08. The van der Waals surface area contributed by atoms with Crippen LogP contribution in [0.3, 0.4) is 0 Å². The van der Waals surface area contributed by atoms with E-state index < -0.39 is 40.8 Å². The van der Waals surface area contributed by atoms with Crippen molar-refractivity contribution in [3.63, 3.8) is 0 Å². The molecule has 1 aliphatic heterocycles. The molecule has 0 saturated carbocycles. The van der Waals surface area contributed by atoms with E-state index in [0.29, 0.717) is 6.42 Å². The fourth-order valence-electron chi connectivity index (χ4n) is 5.09. The normalized spacial score (nSPS) is 16.9. The summed E-state index contributed by atoms with van der Waals surface area (Å²) in [6.07, 6.45) is 0.212. The van der Waals surface area contributed by atoms with Gasteiger partial charge in [-0.3, -0.25) is 25.0 Å². The van der Waals surface area contributed by atoms with E-state index >= 15 is 0 Å². The van der Waals surface area contributed by atoms with E-state index in [4.69, 9.17) is 10.5 Å². The first kappa shape index (κ1) is 27.5. The molecule has 210 valence electrons. The van der Waals surface area contributed by atoms with E-state index in [1.807, 2.05) is 54.6 Å². The van der Waals surface area contributed by atoms with Crippen molar-refractivity contribution < 1.29 is 24.0 Å². The second kappa shape index (κ2) is 12.0. The lowest BCUT2D eigenvalue weighted by Crippen LogP contribution is -2.54. The predicted molar refractivity (Wildman–Crippen MR) is 150 cm³/mol. The van der Waals surface area contributed by atoms with Crippen molar-refractivity contribution in [1.29, 1.82) is 0 Å². The lowest BCUT2D eigenvalue weighted by Gasteiger charge is -2.32. The molecule has 2 amide bonds. The monoisotopic (exact) mass is 555 g/mol. The van der Waals surface area contributed by atoms with Gasteiger partial charge in [-0.15, -0.1) is 0 Å². The highest BCUT2D eigenvalue weighted by Crippen LogP contribution is 2.35. The van der Waals surface area contributed by atoms with Crippen LogP contribution < -0.4 is 16.4 Å². The molecule has 0 saturated heterocycles. The maximum Gasteiger partial charge on any atom is 0.328 e. The van der Waals surface area contributed by atoms with E-state index in [0.717, 1.165) is 33.3 Å². The van der Waals surface area contributed by atoms with Crippen molar-refractivity contribution in [1.82, 2.24) is 15.6 Å². The summed E-state index contributed by atoms with van der Waals surface area (Å²) in [5.41, 5.74) is 9.49. The number of carbonyl (C=O) groups excluding carboxylic acids is 3. The van der Waals surface area contributed by atoms with Crippen LogP contribution in [0.5, 0.6) is 0 Å². The highest BCUT2D eigenvalue weighted by atomic mass is 16.6. The summed E-state index contributed by atoms with van der Waals surface area (Å²) in [7, 11) is 0. The Morgan fingerprint density at radius 1 is 1.02 bits per heavy atom. The number of primary amides is 1. The highest BCUT2D eigenvalue weighted by Gasteiger charge is 2.36. The third kappa shape index (κ3) is 6.25. The minimum absolute atomic E-state index is 0.00840. The third-order valence-corrected chi connectivity index (χ3v) is 7.17. The molecule has 1 aromatic heterocycles. The molecule has 0 unspecified atom stereocenters. The predicted octanol–water partition coefficient (Wildman–Crippen LogP) is 3.17. The number of fused-ring (bicyclic) bond motifs is 3. The molecule has 3 atom stereocenters. The van der Waals surface area contributed by atoms with Gasteiger partial charge in [0.05, 0.1) is 17.0 Å². The van der Waals surface area contributed by atoms with E-state index in [1.165, 1.54) is 12.1 Å². The van der Waals surface area contributed by atoms with E-state index in [2.05, 4.69) is 15.6 Å². The second-order valence-corrected chi connectivity index (χ2v) is 9.93. The minimum Gasteiger partial charge on any atom is -0.459 e. The molecule has 11 nitrogen and oxygen atoms in total. The number of benzene rings is 3. The lowest BCUT2D eigenvalue weighted by atomic mass is 9.89. The molecule has 0 fully saturated rings. The van der Waals surface area contributed by atoms with Gasteiger partial charge in [-0.25, -0.2) is 4.79 Å². The number of para-hydroxylation sites is 1. The zero-order valence-corrected chi connectivity index (χ0v) is 22.0. The molecule has 0 spiro atoms. The number of nitrogens with two attached hydrogens (primary N) is 1. The Kier molecular flexibility index (Phi) is 8.06. The van der Waals surface area contributed by atoms with Gasteiger partial charge in [-0.1, -0.05) is 60.7 Å². The quantitative estimate of drug-likeness (QED) is 0.132. The van der Waals surface area contributed by atoms with Crippen LogP contribution in [0.15, 0.2) is 78.9 Å². The van der Waals surface area contributed by atoms with Gasteiger partial charge in [0.2, 0.25) is 11.8 Å². The number of aromatic amines is 1. The van der Waals surface area contributed by atoms with Crippen molar-refractivity contribution in [3.05, 3.63) is 111 Å². The first-order valence-electron chi connectivity index (χ1n) is 13.2. The number of H-pyrrole nitrogens is 1. The molecule has 1 aliphatic rings. The number of non-ortho nitro benzene ring substituents is 1. The summed E-state index contributed by atoms with van der Waals surface area (Å²) < 4.78 is 5.45. The number of nitro benzene ring substituents is 1. The molecule has 4 aromatic rings. The average molecular weight is 556 g/mol. The first-order valence-corrected chi connectivity index (χ1v) is 13.2. The molecule has 2 heterocycles. The topological polar surface area (TPSA) is 169 Å². The van der Waals surface area contributed by atoms with Crippen molar-refractivity contribution in [2.24, 2.45) is 5.73 Å². The van der Waals surface area contributed by atoms with E-state index in [1.54, 1.807) is 12.1 Å². The molecular weight excluding hydrogens is 526 g/mol. The van der Waals surface area contributed by atoms with Gasteiger partial charge in [-0.05, 0) is 35.6 Å². The zero-order valence-electron chi connectivity index (χ0n) is 22.0. The Bertz CT molecular complexity index is 1580. The molecule has 5 N–H and O–H groups in total. The standard InChI is InChI=1S/C30H29N5O6/c31-26(36)15-14-24(30(38)41-17-18-6-2-1-3-7-18)34-29(37)25-16-22-21-8-4-5-9-23(21)32-28(22)27(33-25)19-10-12-20(13-11-19)35(39)40/h1-13,24-25,27,32-33H,14-17H2,(H2,31,36)(H,34,37)/t24-,25-,27-/m0/s1. The molecule has 0 bridgehead atoms. The van der Waals surface area contributed by atoms with Gasteiger partial charge in [0, 0.05) is 35.2 Å². The van der Waals surface area contributed by atoms with Crippen LogP contribution in [0.4, 0.5) is 5.69 Å². The van der Waals surface area contributed by atoms with Crippen LogP contribution >= 0.6 is 0 Å². The summed E-state index contributed by atoms with van der Waals surface area (Å²) in [5, 5.41) is 18.3. The van der Waals surface area contributed by atoms with Crippen LogP contribution in [-0.4, -0.2) is 39.8 Å². The number of hydrogen-bond acceptors (Lipinski definition) is 7. The van der Waals surface area contributed by atoms with Gasteiger partial charge in [0.15, 0.2) is 0 Å². The molecule has 3 aromatic carbocycles. The Morgan fingerprint density at radius 3 is 2.44 bits per heavy atom. The summed E-state index contributed by atoms with van der Waals surface area (Å²) in [6.45, 7) is 0.0191. The van der Waals surface area contributed by atoms with Crippen LogP contribution in [0.1, 0.15) is 41.3 Å². The van der Waals surface area contributed by atoms with Crippen LogP contribution in [-0.2, 0) is 32.1 Å². The number of esters is 1. The SMILES string of the molecule is NC(=O)CC[C@H](NC(=O)[C@@H]1Cc2c([nH]c3ccccc23)[C@H](c2ccc([N+](=O)[O-])cc2)N1)C(=O)OCc1ccccc1. The Hall–Kier alpha value is -5.03. The summed E-state index contributed by atoms with van der Waals surface area (Å²) in [6, 6.07) is 20.7. The smallest absolute Gasteiger partial charge is 0.328 e. The number of rotatable bonds is 10. The highest BCUT2D eigenvalue weighted by molar-refractivity contribution is 5.91. The Labute approximate surface area is 235 Å². The summed E-state index contributed by atoms with van der Waals surface area (Å²) in [4.78, 5) is 52.3. The van der Waals surface area contributed by atoms with Gasteiger partial charge >= 0.3 is 5.97 Å². The number of nitro groups is 1. The zero-order chi connectivity index (χ0) is 28.9. The van der Waals surface area contributed by atoms with Gasteiger partial charge in [0.1, 0.15) is 12.6 Å². The van der Waals surface area contributed by atoms with Gasteiger partial charge in [-0.2, -0.15) is 0 Å². The fourth-order valence-corrected chi connectivity index (χ4v) is 5.09. The number of amides is 2. The van der Waals surface area contributed by atoms with Crippen LogP contribution in [0, 0.1) is 10.1 Å². The Morgan fingerprint density at radius 2 is 1.73 bits per heavy atom. The maximum atomic E-state index is 13.6. The first-order chi connectivity index (χ1) is 19.8. The lowest BCUT2D eigenvalue weighted by molar-refractivity contribution is -0.384. The number of nitrogens with zero attached hydrogens (tertiary/aromatic N) is 1. The number of ether oxygens (including phenoxy) is 1. The maximum absolute atomic E-state index is 13.6. The summed E-state index contributed by atoms with van der Waals surface area (Å²) in [5.74, 6) is -1.71.